The summed E-state index contributed by atoms with van der Waals surface area (Å²) in [6.45, 7) is 6.70. The van der Waals surface area contributed by atoms with E-state index in [0.29, 0.717) is 6.54 Å². The van der Waals surface area contributed by atoms with Gasteiger partial charge in [0.15, 0.2) is 0 Å². The van der Waals surface area contributed by atoms with Crippen LogP contribution >= 0.6 is 11.8 Å². The number of nitrogens with two attached hydrogens (primary N) is 1. The molecule has 104 valence electrons. The van der Waals surface area contributed by atoms with Crippen molar-refractivity contribution in [1.82, 2.24) is 4.90 Å². The maximum absolute atomic E-state index is 12.4. The van der Waals surface area contributed by atoms with Crippen molar-refractivity contribution < 1.29 is 4.79 Å². The summed E-state index contributed by atoms with van der Waals surface area (Å²) >= 11 is 1.95. The molecular formula is C15H22N2OS. The fraction of sp³-hybridized carbons (Fsp3) is 0.533. The van der Waals surface area contributed by atoms with Crippen LogP contribution in [0.2, 0.25) is 0 Å². The van der Waals surface area contributed by atoms with Gasteiger partial charge < -0.3 is 10.6 Å². The van der Waals surface area contributed by atoms with Crippen LogP contribution in [0.3, 0.4) is 0 Å². The second-order valence-corrected chi connectivity index (χ2v) is 7.35. The molecule has 19 heavy (non-hydrogen) atoms. The van der Waals surface area contributed by atoms with Crippen LogP contribution in [0, 0.1) is 0 Å². The van der Waals surface area contributed by atoms with Gasteiger partial charge in [0.05, 0.1) is 0 Å². The molecule has 2 rings (SSSR count). The van der Waals surface area contributed by atoms with Crippen LogP contribution in [0.25, 0.3) is 0 Å². The highest BCUT2D eigenvalue weighted by Crippen LogP contribution is 2.31. The van der Waals surface area contributed by atoms with Crippen LogP contribution in [0.5, 0.6) is 0 Å². The molecule has 0 aromatic heterocycles. The largest absolute Gasteiger partial charge is 0.338 e. The second-order valence-electron chi connectivity index (χ2n) is 5.55. The number of benzene rings is 1. The molecule has 0 bridgehead atoms. The van der Waals surface area contributed by atoms with Gasteiger partial charge >= 0.3 is 0 Å². The summed E-state index contributed by atoms with van der Waals surface area (Å²) in [5, 5.41) is 0. The monoisotopic (exact) mass is 278 g/mol. The molecule has 2 N–H and O–H groups in total. The summed E-state index contributed by atoms with van der Waals surface area (Å²) in [7, 11) is 0. The van der Waals surface area contributed by atoms with E-state index in [9.17, 15) is 4.79 Å². The summed E-state index contributed by atoms with van der Waals surface area (Å²) in [4.78, 5) is 14.4. The Balaban J connectivity index is 2.06. The van der Waals surface area contributed by atoms with Crippen molar-refractivity contribution in [2.75, 3.05) is 18.8 Å². The van der Waals surface area contributed by atoms with Crippen molar-refractivity contribution in [3.8, 4) is 0 Å². The maximum atomic E-state index is 12.4. The van der Waals surface area contributed by atoms with Gasteiger partial charge in [-0.1, -0.05) is 26.0 Å². The lowest BCUT2D eigenvalue weighted by atomic mass is 10.1. The Morgan fingerprint density at radius 2 is 2.00 bits per heavy atom. The lowest BCUT2D eigenvalue weighted by Crippen LogP contribution is -2.33. The Labute approximate surface area is 119 Å². The summed E-state index contributed by atoms with van der Waals surface area (Å²) < 4.78 is 0.276. The van der Waals surface area contributed by atoms with Crippen molar-refractivity contribution in [3.63, 3.8) is 0 Å². The molecule has 3 nitrogen and oxygen atoms in total. The van der Waals surface area contributed by atoms with Gasteiger partial charge in [-0.25, -0.2) is 0 Å². The molecule has 1 aliphatic heterocycles. The van der Waals surface area contributed by atoms with E-state index in [1.165, 1.54) is 0 Å². The molecule has 1 fully saturated rings. The Bertz CT molecular complexity index is 442. The third kappa shape index (κ3) is 3.74. The number of nitrogens with zero attached hydrogens (tertiary/aromatic N) is 1. The summed E-state index contributed by atoms with van der Waals surface area (Å²) in [6, 6.07) is 7.63. The maximum Gasteiger partial charge on any atom is 0.253 e. The SMILES string of the molecule is CC1(C)CCN(C(=O)c2ccc(CN)cc2)CCS1. The predicted octanol–water partition coefficient (Wildman–Crippen LogP) is 2.50. The minimum Gasteiger partial charge on any atom is -0.338 e. The number of carbonyl (C=O) groups excluding carboxylic acids is 1. The summed E-state index contributed by atoms with van der Waals surface area (Å²) in [6.07, 6.45) is 1.05. The number of hydrogen-bond donors (Lipinski definition) is 1. The zero-order valence-corrected chi connectivity index (χ0v) is 12.5. The highest BCUT2D eigenvalue weighted by atomic mass is 32.2. The van der Waals surface area contributed by atoms with Gasteiger partial charge in [0.25, 0.3) is 5.91 Å². The topological polar surface area (TPSA) is 46.3 Å². The molecule has 1 saturated heterocycles. The number of carbonyl (C=O) groups is 1. The van der Waals surface area contributed by atoms with Crippen molar-refractivity contribution in [2.45, 2.75) is 31.6 Å². The van der Waals surface area contributed by atoms with Gasteiger partial charge in [-0.15, -0.1) is 0 Å². The molecule has 1 aromatic rings. The van der Waals surface area contributed by atoms with E-state index >= 15 is 0 Å². The smallest absolute Gasteiger partial charge is 0.253 e. The first kappa shape index (κ1) is 14.4. The first-order chi connectivity index (χ1) is 9.02. The molecule has 0 radical (unpaired) electrons. The Hall–Kier alpha value is -1.00. The zero-order valence-electron chi connectivity index (χ0n) is 11.7. The standard InChI is InChI=1S/C15H22N2OS/c1-15(2)7-8-17(9-10-19-15)14(18)13-5-3-12(11-16)4-6-13/h3-6H,7-11,16H2,1-2H3. The molecule has 0 unspecified atom stereocenters. The molecule has 0 aliphatic carbocycles. The zero-order chi connectivity index (χ0) is 13.9. The molecule has 1 amide bonds. The highest BCUT2D eigenvalue weighted by Gasteiger charge is 2.26. The van der Waals surface area contributed by atoms with Crippen LogP contribution in [0.4, 0.5) is 0 Å². The minimum atomic E-state index is 0.141. The van der Waals surface area contributed by atoms with E-state index in [1.807, 2.05) is 40.9 Å². The van der Waals surface area contributed by atoms with E-state index in [4.69, 9.17) is 5.73 Å². The van der Waals surface area contributed by atoms with Crippen molar-refractivity contribution in [1.29, 1.82) is 0 Å². The molecule has 0 saturated carbocycles. The average molecular weight is 278 g/mol. The van der Waals surface area contributed by atoms with Gasteiger partial charge in [-0.3, -0.25) is 4.79 Å². The van der Waals surface area contributed by atoms with Crippen LogP contribution in [-0.2, 0) is 6.54 Å². The summed E-state index contributed by atoms with van der Waals surface area (Å²) in [5.41, 5.74) is 7.40. The second kappa shape index (κ2) is 5.97. The highest BCUT2D eigenvalue weighted by molar-refractivity contribution is 8.00. The Morgan fingerprint density at radius 1 is 1.32 bits per heavy atom. The molecule has 1 aliphatic rings. The molecule has 4 heteroatoms. The normalized spacial score (nSPS) is 19.0. The van der Waals surface area contributed by atoms with Crippen molar-refractivity contribution in [3.05, 3.63) is 35.4 Å². The minimum absolute atomic E-state index is 0.141. The third-order valence-corrected chi connectivity index (χ3v) is 4.93. The Kier molecular flexibility index (Phi) is 4.53. The number of thioether (sulfide) groups is 1. The fourth-order valence-electron chi connectivity index (χ4n) is 2.19. The lowest BCUT2D eigenvalue weighted by Gasteiger charge is -2.22. The first-order valence-electron chi connectivity index (χ1n) is 6.74. The van der Waals surface area contributed by atoms with Crippen molar-refractivity contribution >= 4 is 17.7 Å². The van der Waals surface area contributed by atoms with E-state index in [1.54, 1.807) is 0 Å². The van der Waals surface area contributed by atoms with Crippen LogP contribution in [0.1, 0.15) is 36.2 Å². The van der Waals surface area contributed by atoms with E-state index in [-0.39, 0.29) is 10.7 Å². The van der Waals surface area contributed by atoms with Crippen LogP contribution < -0.4 is 5.73 Å². The predicted molar refractivity (Wildman–Crippen MR) is 81.4 cm³/mol. The van der Waals surface area contributed by atoms with Gasteiger partial charge in [0.1, 0.15) is 0 Å². The molecule has 0 spiro atoms. The number of amides is 1. The lowest BCUT2D eigenvalue weighted by molar-refractivity contribution is 0.0764. The molecule has 1 heterocycles. The molecular weight excluding hydrogens is 256 g/mol. The first-order valence-corrected chi connectivity index (χ1v) is 7.73. The van der Waals surface area contributed by atoms with Crippen LogP contribution in [-0.4, -0.2) is 34.4 Å². The van der Waals surface area contributed by atoms with Gasteiger partial charge in [-0.05, 0) is 24.1 Å². The van der Waals surface area contributed by atoms with Crippen LogP contribution in [0.15, 0.2) is 24.3 Å². The number of rotatable bonds is 2. The van der Waals surface area contributed by atoms with Gasteiger partial charge in [-0.2, -0.15) is 11.8 Å². The Morgan fingerprint density at radius 3 is 2.63 bits per heavy atom. The average Bonchev–Trinajstić information content (AvgIpc) is 2.59. The van der Waals surface area contributed by atoms with E-state index < -0.39 is 0 Å². The third-order valence-electron chi connectivity index (χ3n) is 3.56. The van der Waals surface area contributed by atoms with Gasteiger partial charge in [0, 0.05) is 35.7 Å². The molecule has 0 atom stereocenters. The number of hydrogen-bond acceptors (Lipinski definition) is 3. The molecule has 1 aromatic carbocycles. The van der Waals surface area contributed by atoms with Gasteiger partial charge in [0.2, 0.25) is 0 Å². The van der Waals surface area contributed by atoms with E-state index in [0.717, 1.165) is 36.4 Å². The summed E-state index contributed by atoms with van der Waals surface area (Å²) in [5.74, 6) is 1.15. The quantitative estimate of drug-likeness (QED) is 0.904. The van der Waals surface area contributed by atoms with Crippen molar-refractivity contribution in [2.24, 2.45) is 5.73 Å². The fourth-order valence-corrected chi connectivity index (χ4v) is 3.29. The van der Waals surface area contributed by atoms with E-state index in [2.05, 4.69) is 13.8 Å².